The zero-order valence-corrected chi connectivity index (χ0v) is 15.1. The van der Waals surface area contributed by atoms with Gasteiger partial charge in [0.05, 0.1) is 4.90 Å². The molecular weight excluding hydrogens is 338 g/mol. The lowest BCUT2D eigenvalue weighted by Crippen LogP contribution is -2.33. The lowest BCUT2D eigenvalue weighted by molar-refractivity contribution is 0.0747. The number of amides is 1. The molecule has 0 spiro atoms. The first kappa shape index (κ1) is 17.7. The molecule has 1 N–H and O–H groups in total. The quantitative estimate of drug-likeness (QED) is 0.856. The molecule has 1 amide bonds. The van der Waals surface area contributed by atoms with Crippen molar-refractivity contribution in [2.24, 2.45) is 0 Å². The van der Waals surface area contributed by atoms with Gasteiger partial charge in [-0.3, -0.25) is 4.79 Å². The topological polar surface area (TPSA) is 71.4 Å². The maximum atomic E-state index is 12.5. The van der Waals surface area contributed by atoms with Gasteiger partial charge in [0, 0.05) is 43.6 Å². The summed E-state index contributed by atoms with van der Waals surface area (Å²) < 4.78 is 29.2. The molecule has 1 aliphatic rings. The number of hydrogen-bond donors (Lipinski definition) is 1. The Kier molecular flexibility index (Phi) is 5.24. The van der Waals surface area contributed by atoms with Crippen LogP contribution in [0.1, 0.15) is 30.1 Å². The molecule has 1 atom stereocenters. The molecule has 0 aliphatic carbocycles. The van der Waals surface area contributed by atoms with Gasteiger partial charge in [0.2, 0.25) is 10.0 Å². The van der Waals surface area contributed by atoms with Crippen LogP contribution in [0, 0.1) is 0 Å². The van der Waals surface area contributed by atoms with Crippen LogP contribution in [0.4, 0.5) is 0 Å². The fourth-order valence-electron chi connectivity index (χ4n) is 3.09. The summed E-state index contributed by atoms with van der Waals surface area (Å²) in [5.74, 6) is -0.0329. The van der Waals surface area contributed by atoms with Crippen molar-refractivity contribution < 1.29 is 13.2 Å². The van der Waals surface area contributed by atoms with Gasteiger partial charge < -0.3 is 9.47 Å². The van der Waals surface area contributed by atoms with Crippen molar-refractivity contribution >= 4 is 15.9 Å². The molecule has 1 aromatic carbocycles. The number of aromatic nitrogens is 1. The number of carbonyl (C=O) groups is 1. The van der Waals surface area contributed by atoms with Gasteiger partial charge in [0.1, 0.15) is 0 Å². The third-order valence-corrected chi connectivity index (χ3v) is 6.03. The number of nitrogens with one attached hydrogen (secondary N) is 1. The van der Waals surface area contributed by atoms with Crippen LogP contribution in [-0.2, 0) is 16.6 Å². The van der Waals surface area contributed by atoms with Crippen molar-refractivity contribution in [2.45, 2.75) is 37.2 Å². The van der Waals surface area contributed by atoms with E-state index in [0.717, 1.165) is 19.4 Å². The molecule has 0 radical (unpaired) electrons. The molecule has 1 fully saturated rings. The number of likely N-dealkylation sites (tertiary alicyclic amines) is 1. The van der Waals surface area contributed by atoms with Crippen molar-refractivity contribution in [1.82, 2.24) is 14.2 Å². The van der Waals surface area contributed by atoms with E-state index in [0.29, 0.717) is 18.7 Å². The lowest BCUT2D eigenvalue weighted by Gasteiger charge is -2.21. The van der Waals surface area contributed by atoms with Crippen LogP contribution in [-0.4, -0.2) is 42.9 Å². The number of sulfonamides is 1. The van der Waals surface area contributed by atoms with Gasteiger partial charge in [-0.15, -0.1) is 0 Å². The van der Waals surface area contributed by atoms with Crippen molar-refractivity contribution in [2.75, 3.05) is 13.1 Å². The van der Waals surface area contributed by atoms with Crippen LogP contribution in [0.2, 0.25) is 0 Å². The predicted octanol–water partition coefficient (Wildman–Crippen LogP) is 2.09. The zero-order valence-electron chi connectivity index (χ0n) is 14.3. The molecule has 7 heteroatoms. The molecule has 1 aromatic heterocycles. The second kappa shape index (κ2) is 7.41. The van der Waals surface area contributed by atoms with E-state index >= 15 is 0 Å². The van der Waals surface area contributed by atoms with Gasteiger partial charge in [0.25, 0.3) is 5.91 Å². The number of carbonyl (C=O) groups excluding carboxylic acids is 1. The molecule has 0 saturated carbocycles. The molecule has 1 saturated heterocycles. The maximum absolute atomic E-state index is 12.5. The zero-order chi connectivity index (χ0) is 17.9. The summed E-state index contributed by atoms with van der Waals surface area (Å²) in [6.45, 7) is 3.68. The van der Waals surface area contributed by atoms with E-state index in [-0.39, 0.29) is 16.8 Å². The summed E-state index contributed by atoms with van der Waals surface area (Å²) in [6, 6.07) is 10.2. The summed E-state index contributed by atoms with van der Waals surface area (Å²) in [6.07, 6.45) is 5.80. The van der Waals surface area contributed by atoms with Crippen molar-refractivity contribution in [3.8, 4) is 0 Å². The molecule has 25 heavy (non-hydrogen) atoms. The summed E-state index contributed by atoms with van der Waals surface area (Å²) >= 11 is 0. The van der Waals surface area contributed by atoms with Crippen molar-refractivity contribution in [3.05, 3.63) is 54.4 Å². The van der Waals surface area contributed by atoms with Crippen molar-refractivity contribution in [3.63, 3.8) is 0 Å². The first-order valence-corrected chi connectivity index (χ1v) is 9.97. The molecule has 134 valence electrons. The van der Waals surface area contributed by atoms with Gasteiger partial charge in [-0.2, -0.15) is 0 Å². The van der Waals surface area contributed by atoms with Crippen LogP contribution in [0.15, 0.2) is 53.7 Å². The molecule has 0 bridgehead atoms. The van der Waals surface area contributed by atoms with E-state index in [1.165, 1.54) is 12.1 Å². The van der Waals surface area contributed by atoms with Gasteiger partial charge in [-0.05, 0) is 56.2 Å². The highest BCUT2D eigenvalue weighted by molar-refractivity contribution is 7.89. The van der Waals surface area contributed by atoms with E-state index in [9.17, 15) is 13.2 Å². The Hall–Kier alpha value is -2.12. The SMILES string of the molecule is CC1CCCN1C(=O)c1ccc(S(=O)(=O)NCCn2cccc2)cc1. The third-order valence-electron chi connectivity index (χ3n) is 4.55. The second-order valence-electron chi connectivity index (χ2n) is 6.33. The van der Waals surface area contributed by atoms with Crippen molar-refractivity contribution in [1.29, 1.82) is 0 Å². The summed E-state index contributed by atoms with van der Waals surface area (Å²) in [5, 5.41) is 0. The monoisotopic (exact) mass is 361 g/mol. The first-order chi connectivity index (χ1) is 12.0. The Bertz CT molecular complexity index is 814. The average molecular weight is 361 g/mol. The Morgan fingerprint density at radius 3 is 2.48 bits per heavy atom. The van der Waals surface area contributed by atoms with Crippen LogP contribution >= 0.6 is 0 Å². The number of benzene rings is 1. The number of nitrogens with zero attached hydrogens (tertiary/aromatic N) is 2. The Morgan fingerprint density at radius 2 is 1.88 bits per heavy atom. The number of hydrogen-bond acceptors (Lipinski definition) is 3. The Balaban J connectivity index is 1.63. The maximum Gasteiger partial charge on any atom is 0.254 e. The normalized spacial score (nSPS) is 17.8. The molecule has 6 nitrogen and oxygen atoms in total. The Morgan fingerprint density at radius 1 is 1.20 bits per heavy atom. The highest BCUT2D eigenvalue weighted by atomic mass is 32.2. The van der Waals surface area contributed by atoms with Crippen LogP contribution < -0.4 is 4.72 Å². The third kappa shape index (κ3) is 4.11. The minimum absolute atomic E-state index is 0.0329. The van der Waals surface area contributed by atoms with Gasteiger partial charge in [-0.25, -0.2) is 13.1 Å². The minimum atomic E-state index is -3.57. The first-order valence-electron chi connectivity index (χ1n) is 8.49. The fourth-order valence-corrected chi connectivity index (χ4v) is 4.11. The Labute approximate surface area is 148 Å². The molecule has 2 aromatic rings. The van der Waals surface area contributed by atoms with Crippen LogP contribution in [0.3, 0.4) is 0 Å². The smallest absolute Gasteiger partial charge is 0.254 e. The van der Waals surface area contributed by atoms with E-state index in [1.54, 1.807) is 12.1 Å². The summed E-state index contributed by atoms with van der Waals surface area (Å²) in [7, 11) is -3.57. The molecule has 3 rings (SSSR count). The van der Waals surface area contributed by atoms with Gasteiger partial charge in [-0.1, -0.05) is 0 Å². The van der Waals surface area contributed by atoms with Gasteiger partial charge in [0.15, 0.2) is 0 Å². The predicted molar refractivity (Wildman–Crippen MR) is 95.8 cm³/mol. The van der Waals surface area contributed by atoms with E-state index in [4.69, 9.17) is 0 Å². The molecule has 1 unspecified atom stereocenters. The molecule has 1 aliphatic heterocycles. The fraction of sp³-hybridized carbons (Fsp3) is 0.389. The standard InChI is InChI=1S/C18H23N3O3S/c1-15-5-4-13-21(15)18(22)16-6-8-17(9-7-16)25(23,24)19-10-14-20-11-2-3-12-20/h2-3,6-9,11-12,15,19H,4-5,10,13-14H2,1H3. The number of rotatable bonds is 6. The molecular formula is C18H23N3O3S. The van der Waals surface area contributed by atoms with E-state index in [2.05, 4.69) is 4.72 Å². The van der Waals surface area contributed by atoms with Gasteiger partial charge >= 0.3 is 0 Å². The summed E-state index contributed by atoms with van der Waals surface area (Å²) in [5.41, 5.74) is 0.528. The highest BCUT2D eigenvalue weighted by Crippen LogP contribution is 2.20. The van der Waals surface area contributed by atoms with E-state index in [1.807, 2.05) is 40.9 Å². The van der Waals surface area contributed by atoms with E-state index < -0.39 is 10.0 Å². The second-order valence-corrected chi connectivity index (χ2v) is 8.10. The summed E-state index contributed by atoms with van der Waals surface area (Å²) in [4.78, 5) is 14.5. The highest BCUT2D eigenvalue weighted by Gasteiger charge is 2.26. The lowest BCUT2D eigenvalue weighted by atomic mass is 10.2. The average Bonchev–Trinajstić information content (AvgIpc) is 3.26. The molecule has 2 heterocycles. The largest absolute Gasteiger partial charge is 0.353 e. The van der Waals surface area contributed by atoms with Crippen LogP contribution in [0.5, 0.6) is 0 Å². The minimum Gasteiger partial charge on any atom is -0.353 e. The van der Waals surface area contributed by atoms with Crippen LogP contribution in [0.25, 0.3) is 0 Å².